The molecule has 3 heteroatoms. The van der Waals surface area contributed by atoms with Gasteiger partial charge in [0.1, 0.15) is 0 Å². The van der Waals surface area contributed by atoms with Gasteiger partial charge in [-0.15, -0.1) is 0 Å². The second-order valence-corrected chi connectivity index (χ2v) is 7.19. The second-order valence-electron chi connectivity index (χ2n) is 7.19. The van der Waals surface area contributed by atoms with Gasteiger partial charge in [0.25, 0.3) is 0 Å². The molecule has 0 aromatic carbocycles. The standard InChI is InChI=1S/C18H35NO2/c1-4-11-19-17(13-15(2)20-3)16-8-12-21-18(14-16)9-6-5-7-10-18/h15-17,19H,4-14H2,1-3H3. The molecule has 21 heavy (non-hydrogen) atoms. The Kier molecular flexibility index (Phi) is 6.97. The van der Waals surface area contributed by atoms with E-state index in [1.807, 2.05) is 7.11 Å². The van der Waals surface area contributed by atoms with Gasteiger partial charge in [-0.25, -0.2) is 0 Å². The van der Waals surface area contributed by atoms with E-state index in [-0.39, 0.29) is 5.60 Å². The van der Waals surface area contributed by atoms with Crippen molar-refractivity contribution in [3.8, 4) is 0 Å². The maximum absolute atomic E-state index is 6.26. The number of hydrogen-bond donors (Lipinski definition) is 1. The van der Waals surface area contributed by atoms with Crippen molar-refractivity contribution < 1.29 is 9.47 Å². The van der Waals surface area contributed by atoms with Gasteiger partial charge in [-0.3, -0.25) is 0 Å². The van der Waals surface area contributed by atoms with E-state index in [4.69, 9.17) is 9.47 Å². The Morgan fingerprint density at radius 3 is 2.71 bits per heavy atom. The average molecular weight is 297 g/mol. The zero-order valence-corrected chi connectivity index (χ0v) is 14.3. The molecule has 2 rings (SSSR count). The predicted molar refractivity (Wildman–Crippen MR) is 87.7 cm³/mol. The van der Waals surface area contributed by atoms with Gasteiger partial charge in [0.05, 0.1) is 11.7 Å². The van der Waals surface area contributed by atoms with Crippen LogP contribution in [0.2, 0.25) is 0 Å². The molecule has 3 atom stereocenters. The zero-order valence-electron chi connectivity index (χ0n) is 14.3. The third-order valence-electron chi connectivity index (χ3n) is 5.51. The van der Waals surface area contributed by atoms with Crippen molar-refractivity contribution in [2.24, 2.45) is 5.92 Å². The molecule has 0 bridgehead atoms. The van der Waals surface area contributed by atoms with Gasteiger partial charge < -0.3 is 14.8 Å². The summed E-state index contributed by atoms with van der Waals surface area (Å²) in [7, 11) is 1.83. The first-order valence-electron chi connectivity index (χ1n) is 9.09. The minimum atomic E-state index is 0.212. The quantitative estimate of drug-likeness (QED) is 0.773. The summed E-state index contributed by atoms with van der Waals surface area (Å²) in [5.41, 5.74) is 0.212. The highest BCUT2D eigenvalue weighted by Crippen LogP contribution is 2.42. The lowest BCUT2D eigenvalue weighted by Gasteiger charge is -2.46. The second kappa shape index (κ2) is 8.50. The van der Waals surface area contributed by atoms with Gasteiger partial charge in [0.2, 0.25) is 0 Å². The Morgan fingerprint density at radius 1 is 1.29 bits per heavy atom. The first kappa shape index (κ1) is 17.2. The van der Waals surface area contributed by atoms with Crippen molar-refractivity contribution in [2.45, 2.75) is 89.4 Å². The molecule has 1 saturated carbocycles. The van der Waals surface area contributed by atoms with Crippen LogP contribution in [-0.4, -0.2) is 38.0 Å². The van der Waals surface area contributed by atoms with Gasteiger partial charge in [-0.1, -0.05) is 26.2 Å². The van der Waals surface area contributed by atoms with Gasteiger partial charge in [-0.05, 0) is 57.9 Å². The molecular weight excluding hydrogens is 262 g/mol. The molecule has 3 unspecified atom stereocenters. The Labute approximate surface area is 131 Å². The molecule has 1 aliphatic carbocycles. The molecular formula is C18H35NO2. The van der Waals surface area contributed by atoms with Crippen LogP contribution in [0, 0.1) is 5.92 Å². The fraction of sp³-hybridized carbons (Fsp3) is 1.00. The van der Waals surface area contributed by atoms with E-state index >= 15 is 0 Å². The molecule has 2 fully saturated rings. The van der Waals surface area contributed by atoms with Crippen LogP contribution < -0.4 is 5.32 Å². The highest BCUT2D eigenvalue weighted by molar-refractivity contribution is 4.93. The number of nitrogens with one attached hydrogen (secondary N) is 1. The van der Waals surface area contributed by atoms with Gasteiger partial charge in [-0.2, -0.15) is 0 Å². The molecule has 0 amide bonds. The molecule has 3 nitrogen and oxygen atoms in total. The summed E-state index contributed by atoms with van der Waals surface area (Å²) in [4.78, 5) is 0. The predicted octanol–water partition coefficient (Wildman–Crippen LogP) is 3.91. The lowest BCUT2D eigenvalue weighted by Crippen LogP contribution is -2.48. The summed E-state index contributed by atoms with van der Waals surface area (Å²) in [6, 6.07) is 0.586. The van der Waals surface area contributed by atoms with E-state index in [0.717, 1.165) is 25.5 Å². The van der Waals surface area contributed by atoms with E-state index in [1.165, 1.54) is 51.4 Å². The lowest BCUT2D eigenvalue weighted by molar-refractivity contribution is -0.123. The molecule has 1 N–H and O–H groups in total. The Morgan fingerprint density at radius 2 is 2.05 bits per heavy atom. The van der Waals surface area contributed by atoms with Crippen LogP contribution in [0.4, 0.5) is 0 Å². The fourth-order valence-electron chi connectivity index (χ4n) is 4.18. The Hall–Kier alpha value is -0.120. The molecule has 1 spiro atoms. The monoisotopic (exact) mass is 297 g/mol. The first-order valence-corrected chi connectivity index (χ1v) is 9.09. The van der Waals surface area contributed by atoms with E-state index in [1.54, 1.807) is 0 Å². The Balaban J connectivity index is 1.96. The fourth-order valence-corrected chi connectivity index (χ4v) is 4.18. The molecule has 1 heterocycles. The van der Waals surface area contributed by atoms with E-state index in [0.29, 0.717) is 12.1 Å². The van der Waals surface area contributed by atoms with Crippen molar-refractivity contribution in [2.75, 3.05) is 20.3 Å². The molecule has 0 aromatic heterocycles. The first-order chi connectivity index (χ1) is 10.2. The summed E-state index contributed by atoms with van der Waals surface area (Å²) < 4.78 is 11.8. The number of rotatable bonds is 7. The minimum absolute atomic E-state index is 0.212. The van der Waals surface area contributed by atoms with Crippen molar-refractivity contribution in [3.63, 3.8) is 0 Å². The highest BCUT2D eigenvalue weighted by Gasteiger charge is 2.40. The average Bonchev–Trinajstić information content (AvgIpc) is 2.52. The molecule has 1 saturated heterocycles. The zero-order chi connectivity index (χ0) is 15.1. The summed E-state index contributed by atoms with van der Waals surface area (Å²) in [5.74, 6) is 0.751. The SMILES string of the molecule is CCCNC(CC(C)OC)C1CCOC2(CCCCC2)C1. The summed E-state index contributed by atoms with van der Waals surface area (Å²) >= 11 is 0. The molecule has 0 aromatic rings. The van der Waals surface area contributed by atoms with Crippen LogP contribution in [0.15, 0.2) is 0 Å². The maximum Gasteiger partial charge on any atom is 0.0685 e. The molecule has 124 valence electrons. The van der Waals surface area contributed by atoms with Crippen LogP contribution >= 0.6 is 0 Å². The van der Waals surface area contributed by atoms with Crippen molar-refractivity contribution in [1.82, 2.24) is 5.32 Å². The smallest absolute Gasteiger partial charge is 0.0685 e. The Bertz CT molecular complexity index is 283. The van der Waals surface area contributed by atoms with Crippen molar-refractivity contribution >= 4 is 0 Å². The van der Waals surface area contributed by atoms with E-state index < -0.39 is 0 Å². The van der Waals surface area contributed by atoms with Crippen LogP contribution in [0.1, 0.15) is 71.6 Å². The molecule has 0 radical (unpaired) electrons. The van der Waals surface area contributed by atoms with Crippen LogP contribution in [0.25, 0.3) is 0 Å². The topological polar surface area (TPSA) is 30.5 Å². The largest absolute Gasteiger partial charge is 0.382 e. The third kappa shape index (κ3) is 4.94. The third-order valence-corrected chi connectivity index (χ3v) is 5.51. The van der Waals surface area contributed by atoms with Crippen molar-refractivity contribution in [3.05, 3.63) is 0 Å². The van der Waals surface area contributed by atoms with Gasteiger partial charge in [0.15, 0.2) is 0 Å². The number of methoxy groups -OCH3 is 1. The maximum atomic E-state index is 6.26. The highest BCUT2D eigenvalue weighted by atomic mass is 16.5. The molecule has 2 aliphatic rings. The summed E-state index contributed by atoms with van der Waals surface area (Å²) in [5, 5.41) is 3.79. The van der Waals surface area contributed by atoms with Crippen molar-refractivity contribution in [1.29, 1.82) is 0 Å². The number of ether oxygens (including phenoxy) is 2. The van der Waals surface area contributed by atoms with Gasteiger partial charge >= 0.3 is 0 Å². The number of hydrogen-bond acceptors (Lipinski definition) is 3. The summed E-state index contributed by atoms with van der Waals surface area (Å²) in [6.45, 7) is 6.51. The van der Waals surface area contributed by atoms with E-state index in [9.17, 15) is 0 Å². The normalized spacial score (nSPS) is 28.4. The van der Waals surface area contributed by atoms with Crippen LogP contribution in [0.5, 0.6) is 0 Å². The minimum Gasteiger partial charge on any atom is -0.382 e. The van der Waals surface area contributed by atoms with Gasteiger partial charge in [0, 0.05) is 19.8 Å². The van der Waals surface area contributed by atoms with E-state index in [2.05, 4.69) is 19.2 Å². The lowest BCUT2D eigenvalue weighted by atomic mass is 9.73. The summed E-state index contributed by atoms with van der Waals surface area (Å²) in [6.07, 6.45) is 11.8. The van der Waals surface area contributed by atoms with Crippen LogP contribution in [0.3, 0.4) is 0 Å². The molecule has 1 aliphatic heterocycles. The van der Waals surface area contributed by atoms with Crippen LogP contribution in [-0.2, 0) is 9.47 Å².